The van der Waals surface area contributed by atoms with Crippen molar-refractivity contribution in [3.63, 3.8) is 0 Å². The van der Waals surface area contributed by atoms with E-state index in [1.807, 2.05) is 36.4 Å². The maximum Gasteiger partial charge on any atom is 0.257 e. The van der Waals surface area contributed by atoms with Crippen LogP contribution in [0.3, 0.4) is 0 Å². The number of fused-ring (bicyclic) bond motifs is 4. The Balaban J connectivity index is 2.34. The van der Waals surface area contributed by atoms with Crippen LogP contribution in [0, 0.1) is 0 Å². The van der Waals surface area contributed by atoms with Crippen molar-refractivity contribution in [3.8, 4) is 0 Å². The van der Waals surface area contributed by atoms with Crippen LogP contribution >= 0.6 is 0 Å². The zero-order chi connectivity index (χ0) is 12.8. The second-order valence-electron chi connectivity index (χ2n) is 4.43. The summed E-state index contributed by atoms with van der Waals surface area (Å²) >= 11 is 0. The molecule has 0 spiro atoms. The third-order valence-corrected chi connectivity index (χ3v) is 3.26. The molecule has 4 heteroatoms. The van der Waals surface area contributed by atoms with Gasteiger partial charge in [0.05, 0.1) is 27.5 Å². The van der Waals surface area contributed by atoms with Gasteiger partial charge in [0.2, 0.25) is 0 Å². The predicted octanol–water partition coefficient (Wildman–Crippen LogP) is 2.62. The fraction of sp³-hybridized carbons (Fsp3) is 0. The van der Waals surface area contributed by atoms with E-state index < -0.39 is 0 Å². The van der Waals surface area contributed by atoms with Crippen LogP contribution in [0.5, 0.6) is 0 Å². The summed E-state index contributed by atoms with van der Waals surface area (Å²) in [5.74, 6) is 0. The van der Waals surface area contributed by atoms with E-state index in [9.17, 15) is 4.79 Å². The molecule has 0 fully saturated rings. The lowest BCUT2D eigenvalue weighted by molar-refractivity contribution is 1.32. The Kier molecular flexibility index (Phi) is 1.94. The minimum atomic E-state index is -0.131. The Morgan fingerprint density at radius 2 is 1.84 bits per heavy atom. The molecule has 0 aliphatic heterocycles. The second-order valence-corrected chi connectivity index (χ2v) is 4.43. The molecule has 0 saturated carbocycles. The minimum absolute atomic E-state index is 0.131. The van der Waals surface area contributed by atoms with Gasteiger partial charge in [-0.15, -0.1) is 0 Å². The molecule has 0 saturated heterocycles. The summed E-state index contributed by atoms with van der Waals surface area (Å²) < 4.78 is 0. The molecule has 4 rings (SSSR count). The molecule has 90 valence electrons. The number of rotatable bonds is 0. The number of benzene rings is 1. The highest BCUT2D eigenvalue weighted by Gasteiger charge is 2.08. The van der Waals surface area contributed by atoms with Gasteiger partial charge in [0.1, 0.15) is 0 Å². The topological polar surface area (TPSA) is 58.6 Å². The van der Waals surface area contributed by atoms with Crippen LogP contribution in [0.15, 0.2) is 53.5 Å². The lowest BCUT2D eigenvalue weighted by atomic mass is 10.1. The monoisotopic (exact) mass is 247 g/mol. The van der Waals surface area contributed by atoms with Gasteiger partial charge in [-0.2, -0.15) is 0 Å². The third-order valence-electron chi connectivity index (χ3n) is 3.26. The van der Waals surface area contributed by atoms with E-state index in [0.717, 1.165) is 27.5 Å². The summed E-state index contributed by atoms with van der Waals surface area (Å²) in [7, 11) is 0. The van der Waals surface area contributed by atoms with Crippen LogP contribution in [0.4, 0.5) is 0 Å². The fourth-order valence-electron chi connectivity index (χ4n) is 2.37. The molecule has 0 aliphatic rings. The third kappa shape index (κ3) is 1.43. The van der Waals surface area contributed by atoms with Crippen LogP contribution in [-0.4, -0.2) is 15.0 Å². The molecule has 1 aromatic carbocycles. The van der Waals surface area contributed by atoms with E-state index in [2.05, 4.69) is 15.0 Å². The Bertz CT molecular complexity index is 989. The molecule has 3 heterocycles. The van der Waals surface area contributed by atoms with Crippen LogP contribution in [-0.2, 0) is 0 Å². The zero-order valence-electron chi connectivity index (χ0n) is 9.92. The van der Waals surface area contributed by atoms with Gasteiger partial charge < -0.3 is 4.98 Å². The molecule has 1 N–H and O–H groups in total. The van der Waals surface area contributed by atoms with Gasteiger partial charge in [-0.3, -0.25) is 9.78 Å². The molecular formula is C15H9N3O. The molecule has 0 radical (unpaired) electrons. The van der Waals surface area contributed by atoms with Gasteiger partial charge in [0.15, 0.2) is 0 Å². The van der Waals surface area contributed by atoms with E-state index in [1.165, 1.54) is 0 Å². The van der Waals surface area contributed by atoms with Crippen molar-refractivity contribution in [1.29, 1.82) is 0 Å². The maximum absolute atomic E-state index is 12.1. The Morgan fingerprint density at radius 1 is 0.947 bits per heavy atom. The van der Waals surface area contributed by atoms with Crippen molar-refractivity contribution in [1.82, 2.24) is 15.0 Å². The number of hydrogen-bond acceptors (Lipinski definition) is 3. The summed E-state index contributed by atoms with van der Waals surface area (Å²) in [6.07, 6.45) is 1.70. The molecule has 0 bridgehead atoms. The lowest BCUT2D eigenvalue weighted by Crippen LogP contribution is -2.07. The number of hydrogen-bond donors (Lipinski definition) is 1. The van der Waals surface area contributed by atoms with Gasteiger partial charge in [0.25, 0.3) is 5.56 Å². The highest BCUT2D eigenvalue weighted by atomic mass is 16.1. The second kappa shape index (κ2) is 3.62. The summed E-state index contributed by atoms with van der Waals surface area (Å²) in [5, 5.41) is 1.52. The van der Waals surface area contributed by atoms with E-state index >= 15 is 0 Å². The molecule has 0 unspecified atom stereocenters. The van der Waals surface area contributed by atoms with Crippen LogP contribution in [0.25, 0.3) is 32.8 Å². The minimum Gasteiger partial charge on any atom is -0.321 e. The maximum atomic E-state index is 12.1. The highest BCUT2D eigenvalue weighted by molar-refractivity contribution is 6.05. The summed E-state index contributed by atoms with van der Waals surface area (Å²) in [6, 6.07) is 13.2. The lowest BCUT2D eigenvalue weighted by Gasteiger charge is -2.04. The normalized spacial score (nSPS) is 11.4. The van der Waals surface area contributed by atoms with Crippen molar-refractivity contribution >= 4 is 32.8 Å². The summed E-state index contributed by atoms with van der Waals surface area (Å²) in [5.41, 5.74) is 2.92. The fourth-order valence-corrected chi connectivity index (χ4v) is 2.37. The SMILES string of the molecule is O=c1[nH]c2ccccc2c2nc3cccnc3cc12. The molecule has 4 aromatic rings. The molecule has 3 aromatic heterocycles. The zero-order valence-corrected chi connectivity index (χ0v) is 9.92. The first-order valence-electron chi connectivity index (χ1n) is 5.99. The Morgan fingerprint density at radius 3 is 2.79 bits per heavy atom. The number of nitrogens with zero attached hydrogens (tertiary/aromatic N) is 2. The summed E-state index contributed by atoms with van der Waals surface area (Å²) in [4.78, 5) is 23.8. The van der Waals surface area contributed by atoms with Gasteiger partial charge in [-0.25, -0.2) is 4.98 Å². The van der Waals surface area contributed by atoms with Crippen LogP contribution in [0.1, 0.15) is 0 Å². The number of aromatic nitrogens is 3. The molecule has 4 nitrogen and oxygen atoms in total. The van der Waals surface area contributed by atoms with Gasteiger partial charge in [-0.1, -0.05) is 18.2 Å². The number of nitrogens with one attached hydrogen (secondary N) is 1. The van der Waals surface area contributed by atoms with Gasteiger partial charge in [-0.05, 0) is 24.3 Å². The molecule has 0 aliphatic carbocycles. The number of H-pyrrole nitrogens is 1. The smallest absolute Gasteiger partial charge is 0.257 e. The quantitative estimate of drug-likeness (QED) is 0.384. The Labute approximate surface area is 107 Å². The number of aromatic amines is 1. The first-order chi connectivity index (χ1) is 9.33. The van der Waals surface area contributed by atoms with Gasteiger partial charge >= 0.3 is 0 Å². The van der Waals surface area contributed by atoms with Crippen molar-refractivity contribution < 1.29 is 0 Å². The first kappa shape index (κ1) is 10.2. The predicted molar refractivity (Wildman–Crippen MR) is 75.2 cm³/mol. The van der Waals surface area contributed by atoms with E-state index in [-0.39, 0.29) is 5.56 Å². The number of pyridine rings is 3. The van der Waals surface area contributed by atoms with Crippen molar-refractivity contribution in [2.75, 3.05) is 0 Å². The molecular weight excluding hydrogens is 238 g/mol. The van der Waals surface area contributed by atoms with E-state index in [0.29, 0.717) is 5.39 Å². The average molecular weight is 247 g/mol. The molecule has 0 atom stereocenters. The first-order valence-corrected chi connectivity index (χ1v) is 5.99. The molecule has 19 heavy (non-hydrogen) atoms. The van der Waals surface area contributed by atoms with Crippen LogP contribution < -0.4 is 5.56 Å². The largest absolute Gasteiger partial charge is 0.321 e. The van der Waals surface area contributed by atoms with Crippen molar-refractivity contribution in [3.05, 3.63) is 59.0 Å². The van der Waals surface area contributed by atoms with E-state index in [1.54, 1.807) is 12.3 Å². The molecule has 0 amide bonds. The van der Waals surface area contributed by atoms with E-state index in [4.69, 9.17) is 0 Å². The number of para-hydroxylation sites is 1. The standard InChI is InChI=1S/C15H9N3O/c19-15-10-8-13-12(6-3-7-16-13)17-14(10)9-4-1-2-5-11(9)18-15/h1-8H,(H,18,19). The van der Waals surface area contributed by atoms with Crippen molar-refractivity contribution in [2.45, 2.75) is 0 Å². The van der Waals surface area contributed by atoms with Crippen LogP contribution in [0.2, 0.25) is 0 Å². The van der Waals surface area contributed by atoms with Crippen molar-refractivity contribution in [2.24, 2.45) is 0 Å². The average Bonchev–Trinajstić information content (AvgIpc) is 2.46. The van der Waals surface area contributed by atoms with Gasteiger partial charge in [0, 0.05) is 11.6 Å². The Hall–Kier alpha value is -2.75. The highest BCUT2D eigenvalue weighted by Crippen LogP contribution is 2.21. The summed E-state index contributed by atoms with van der Waals surface area (Å²) in [6.45, 7) is 0.